The third-order valence-corrected chi connectivity index (χ3v) is 3.55. The first kappa shape index (κ1) is 13.3. The van der Waals surface area contributed by atoms with Crippen LogP contribution in [0.4, 0.5) is 0 Å². The minimum Gasteiger partial charge on any atom is -0.479 e. The van der Waals surface area contributed by atoms with Crippen LogP contribution in [0.25, 0.3) is 0 Å². The largest absolute Gasteiger partial charge is 0.479 e. The fourth-order valence-corrected chi connectivity index (χ4v) is 2.83. The summed E-state index contributed by atoms with van der Waals surface area (Å²) in [5, 5.41) is 9.61. The second-order valence-corrected chi connectivity index (χ2v) is 5.97. The van der Waals surface area contributed by atoms with Gasteiger partial charge in [-0.1, -0.05) is 0 Å². The van der Waals surface area contributed by atoms with Crippen molar-refractivity contribution in [2.24, 2.45) is 0 Å². The summed E-state index contributed by atoms with van der Waals surface area (Å²) in [5.74, 6) is -3.05. The van der Waals surface area contributed by atoms with Crippen LogP contribution in [0.5, 0.6) is 0 Å². The van der Waals surface area contributed by atoms with Crippen LogP contribution in [-0.4, -0.2) is 53.4 Å². The van der Waals surface area contributed by atoms with E-state index in [1.165, 1.54) is 0 Å². The maximum Gasteiger partial charge on any atom is 0.344 e. The van der Waals surface area contributed by atoms with Crippen molar-refractivity contribution in [3.63, 3.8) is 0 Å². The smallest absolute Gasteiger partial charge is 0.344 e. The number of rotatable bonds is 1. The minimum absolute atomic E-state index is 0.246. The monoisotopic (exact) mass is 274 g/mol. The SMILES string of the molecule is CC1(C)OCC2OC3OC(C)(C)OC3(C(=O)O)C2O1. The molecule has 108 valence electrons. The van der Waals surface area contributed by atoms with Crippen molar-refractivity contribution in [2.45, 2.75) is 63.4 Å². The van der Waals surface area contributed by atoms with Gasteiger partial charge >= 0.3 is 5.97 Å². The topological polar surface area (TPSA) is 83.5 Å². The van der Waals surface area contributed by atoms with Gasteiger partial charge in [0.25, 0.3) is 0 Å². The highest BCUT2D eigenvalue weighted by Crippen LogP contribution is 2.49. The fourth-order valence-electron chi connectivity index (χ4n) is 2.83. The highest BCUT2D eigenvalue weighted by atomic mass is 16.9. The zero-order chi connectivity index (χ0) is 14.1. The van der Waals surface area contributed by atoms with Gasteiger partial charge in [0.15, 0.2) is 11.6 Å². The third kappa shape index (κ3) is 1.80. The molecule has 19 heavy (non-hydrogen) atoms. The van der Waals surface area contributed by atoms with Crippen LogP contribution in [0.1, 0.15) is 27.7 Å². The molecule has 1 N–H and O–H groups in total. The van der Waals surface area contributed by atoms with E-state index < -0.39 is 41.6 Å². The number of carboxylic acids is 1. The molecule has 0 aromatic carbocycles. The van der Waals surface area contributed by atoms with Gasteiger partial charge in [-0.25, -0.2) is 4.79 Å². The van der Waals surface area contributed by atoms with Gasteiger partial charge in [-0.2, -0.15) is 0 Å². The van der Waals surface area contributed by atoms with E-state index in [2.05, 4.69) is 0 Å². The number of hydrogen-bond acceptors (Lipinski definition) is 6. The molecule has 3 fully saturated rings. The molecule has 3 heterocycles. The molecule has 3 rings (SSSR count). The maximum absolute atomic E-state index is 11.8. The van der Waals surface area contributed by atoms with Gasteiger partial charge in [-0.15, -0.1) is 0 Å². The number of carboxylic acid groups (broad SMARTS) is 1. The highest BCUT2D eigenvalue weighted by molar-refractivity contribution is 5.80. The zero-order valence-electron chi connectivity index (χ0n) is 11.3. The van der Waals surface area contributed by atoms with Gasteiger partial charge < -0.3 is 28.8 Å². The minimum atomic E-state index is -1.64. The Hall–Kier alpha value is -0.730. The normalized spacial score (nSPS) is 46.6. The first-order valence-corrected chi connectivity index (χ1v) is 6.25. The molecule has 3 aliphatic rings. The van der Waals surface area contributed by atoms with Crippen molar-refractivity contribution < 1.29 is 33.6 Å². The van der Waals surface area contributed by atoms with Crippen LogP contribution in [0.15, 0.2) is 0 Å². The van der Waals surface area contributed by atoms with Gasteiger partial charge in [0.1, 0.15) is 12.2 Å². The quantitative estimate of drug-likeness (QED) is 0.744. The molecule has 0 aromatic rings. The molecule has 4 atom stereocenters. The standard InChI is InChI=1S/C12H18O7/c1-10(2)15-5-6-7(17-10)12(8(13)14)9(16-6)18-11(3,4)19-12/h6-7,9H,5H2,1-4H3,(H,13,14). The first-order valence-electron chi connectivity index (χ1n) is 6.25. The first-order chi connectivity index (χ1) is 8.66. The molecule has 7 nitrogen and oxygen atoms in total. The van der Waals surface area contributed by atoms with Crippen LogP contribution in [0.2, 0.25) is 0 Å². The Morgan fingerprint density at radius 2 is 1.84 bits per heavy atom. The van der Waals surface area contributed by atoms with E-state index in [0.29, 0.717) is 0 Å². The summed E-state index contributed by atoms with van der Waals surface area (Å²) < 4.78 is 28.0. The van der Waals surface area contributed by atoms with Crippen molar-refractivity contribution >= 4 is 5.97 Å². The van der Waals surface area contributed by atoms with Crippen LogP contribution >= 0.6 is 0 Å². The van der Waals surface area contributed by atoms with Crippen LogP contribution < -0.4 is 0 Å². The second-order valence-electron chi connectivity index (χ2n) is 5.97. The molecule has 0 spiro atoms. The molecular weight excluding hydrogens is 256 g/mol. The number of carbonyl (C=O) groups is 1. The summed E-state index contributed by atoms with van der Waals surface area (Å²) in [5.41, 5.74) is -1.64. The Morgan fingerprint density at radius 3 is 2.47 bits per heavy atom. The van der Waals surface area contributed by atoms with E-state index in [0.717, 1.165) is 0 Å². The second kappa shape index (κ2) is 3.67. The summed E-state index contributed by atoms with van der Waals surface area (Å²) >= 11 is 0. The molecule has 0 aromatic heterocycles. The van der Waals surface area contributed by atoms with Crippen LogP contribution in [0, 0.1) is 0 Å². The Bertz CT molecular complexity index is 418. The molecule has 7 heteroatoms. The van der Waals surface area contributed by atoms with E-state index in [9.17, 15) is 9.90 Å². The molecule has 0 aliphatic carbocycles. The van der Waals surface area contributed by atoms with Gasteiger partial charge in [0, 0.05) is 0 Å². The van der Waals surface area contributed by atoms with E-state index in [4.69, 9.17) is 23.7 Å². The summed E-state index contributed by atoms with van der Waals surface area (Å²) in [4.78, 5) is 11.8. The lowest BCUT2D eigenvalue weighted by Gasteiger charge is -2.41. The van der Waals surface area contributed by atoms with E-state index in [1.807, 2.05) is 0 Å². The van der Waals surface area contributed by atoms with Crippen molar-refractivity contribution in [2.75, 3.05) is 6.61 Å². The van der Waals surface area contributed by atoms with Gasteiger partial charge in [0.2, 0.25) is 11.9 Å². The van der Waals surface area contributed by atoms with Crippen molar-refractivity contribution in [1.82, 2.24) is 0 Å². The Balaban J connectivity index is 1.99. The number of fused-ring (bicyclic) bond motifs is 3. The maximum atomic E-state index is 11.8. The Morgan fingerprint density at radius 1 is 1.16 bits per heavy atom. The molecular formula is C12H18O7. The average molecular weight is 274 g/mol. The van der Waals surface area contributed by atoms with Gasteiger partial charge in [-0.05, 0) is 27.7 Å². The zero-order valence-corrected chi connectivity index (χ0v) is 11.3. The lowest BCUT2D eigenvalue weighted by molar-refractivity contribution is -0.326. The van der Waals surface area contributed by atoms with Crippen LogP contribution in [0.3, 0.4) is 0 Å². The molecule has 0 bridgehead atoms. The molecule has 4 unspecified atom stereocenters. The summed E-state index contributed by atoms with van der Waals surface area (Å²) in [6, 6.07) is 0. The molecule has 3 aliphatic heterocycles. The third-order valence-electron chi connectivity index (χ3n) is 3.55. The summed E-state index contributed by atoms with van der Waals surface area (Å²) in [7, 11) is 0. The Labute approximate surface area is 110 Å². The number of aliphatic carboxylic acids is 1. The molecule has 0 saturated carbocycles. The van der Waals surface area contributed by atoms with E-state index in [1.54, 1.807) is 27.7 Å². The van der Waals surface area contributed by atoms with Crippen molar-refractivity contribution in [3.05, 3.63) is 0 Å². The Kier molecular flexibility index (Phi) is 2.57. The lowest BCUT2D eigenvalue weighted by Crippen LogP contribution is -2.60. The van der Waals surface area contributed by atoms with E-state index in [-0.39, 0.29) is 6.61 Å². The summed E-state index contributed by atoms with van der Waals surface area (Å²) in [6.07, 6.45) is -2.27. The number of hydrogen-bond donors (Lipinski definition) is 1. The molecule has 0 amide bonds. The molecule has 0 radical (unpaired) electrons. The van der Waals surface area contributed by atoms with Gasteiger partial charge in [0.05, 0.1) is 6.61 Å². The summed E-state index contributed by atoms with van der Waals surface area (Å²) in [6.45, 7) is 7.01. The predicted octanol–water partition coefficient (Wildman–Crippen LogP) is 0.469. The van der Waals surface area contributed by atoms with Crippen molar-refractivity contribution in [1.29, 1.82) is 0 Å². The predicted molar refractivity (Wildman–Crippen MR) is 60.2 cm³/mol. The van der Waals surface area contributed by atoms with E-state index >= 15 is 0 Å². The number of ether oxygens (including phenoxy) is 5. The fraction of sp³-hybridized carbons (Fsp3) is 0.917. The lowest BCUT2D eigenvalue weighted by atomic mass is 9.94. The van der Waals surface area contributed by atoms with Crippen LogP contribution in [-0.2, 0) is 28.5 Å². The highest BCUT2D eigenvalue weighted by Gasteiger charge is 2.73. The van der Waals surface area contributed by atoms with Gasteiger partial charge in [-0.3, -0.25) is 0 Å². The van der Waals surface area contributed by atoms with Crippen molar-refractivity contribution in [3.8, 4) is 0 Å². The molecule has 3 saturated heterocycles. The average Bonchev–Trinajstić information content (AvgIpc) is 2.66.